The number of methoxy groups -OCH3 is 1. The summed E-state index contributed by atoms with van der Waals surface area (Å²) >= 11 is 0. The van der Waals surface area contributed by atoms with Crippen molar-refractivity contribution in [3.63, 3.8) is 0 Å². The van der Waals surface area contributed by atoms with Gasteiger partial charge in [0, 0.05) is 19.9 Å². The molecule has 1 heterocycles. The maximum Gasteiger partial charge on any atom is 0.228 e. The van der Waals surface area contributed by atoms with E-state index in [9.17, 15) is 4.79 Å². The van der Waals surface area contributed by atoms with Gasteiger partial charge in [0.2, 0.25) is 5.91 Å². The zero-order chi connectivity index (χ0) is 11.1. The maximum absolute atomic E-state index is 11.5. The predicted octanol–water partition coefficient (Wildman–Crippen LogP) is 0.384. The number of nitrogens with zero attached hydrogens (tertiary/aromatic N) is 1. The van der Waals surface area contributed by atoms with Crippen LogP contribution < -0.4 is 11.1 Å². The summed E-state index contributed by atoms with van der Waals surface area (Å²) in [6.45, 7) is 0.326. The number of anilines is 1. The first-order valence-electron chi connectivity index (χ1n) is 4.70. The normalized spacial score (nSPS) is 12.1. The minimum absolute atomic E-state index is 0.147. The summed E-state index contributed by atoms with van der Waals surface area (Å²) in [5, 5.41) is 2.66. The minimum atomic E-state index is -0.242. The van der Waals surface area contributed by atoms with Crippen molar-refractivity contribution in [2.45, 2.75) is 12.5 Å². The second-order valence-electron chi connectivity index (χ2n) is 3.06. The van der Waals surface area contributed by atoms with Gasteiger partial charge in [-0.2, -0.15) is 0 Å². The average molecular weight is 209 g/mol. The van der Waals surface area contributed by atoms with Crippen molar-refractivity contribution in [1.29, 1.82) is 0 Å². The zero-order valence-electron chi connectivity index (χ0n) is 8.64. The van der Waals surface area contributed by atoms with Gasteiger partial charge in [0.25, 0.3) is 0 Å². The molecule has 0 saturated carbocycles. The quantitative estimate of drug-likeness (QED) is 0.735. The summed E-state index contributed by atoms with van der Waals surface area (Å²) in [6.07, 6.45) is 1.62. The van der Waals surface area contributed by atoms with Gasteiger partial charge in [-0.05, 0) is 12.1 Å². The van der Waals surface area contributed by atoms with E-state index in [4.69, 9.17) is 10.5 Å². The molecule has 0 saturated heterocycles. The molecule has 0 aliphatic rings. The molecule has 0 aliphatic carbocycles. The number of carbonyl (C=O) groups is 1. The minimum Gasteiger partial charge on any atom is -0.380 e. The van der Waals surface area contributed by atoms with Crippen LogP contribution in [0.5, 0.6) is 0 Å². The fraction of sp³-hybridized carbons (Fsp3) is 0.400. The average Bonchev–Trinajstić information content (AvgIpc) is 2.27. The van der Waals surface area contributed by atoms with Crippen LogP contribution in [0.3, 0.4) is 0 Å². The topological polar surface area (TPSA) is 77.2 Å². The van der Waals surface area contributed by atoms with Crippen LogP contribution in [0.4, 0.5) is 5.82 Å². The lowest BCUT2D eigenvalue weighted by Crippen LogP contribution is -2.28. The van der Waals surface area contributed by atoms with Gasteiger partial charge >= 0.3 is 0 Å². The number of hydrogen-bond donors (Lipinski definition) is 2. The van der Waals surface area contributed by atoms with Crippen LogP contribution in [0.2, 0.25) is 0 Å². The van der Waals surface area contributed by atoms with Crippen molar-refractivity contribution in [2.75, 3.05) is 19.0 Å². The second-order valence-corrected chi connectivity index (χ2v) is 3.06. The Labute approximate surface area is 88.6 Å². The Kier molecular flexibility index (Phi) is 4.73. The molecule has 1 atom stereocenters. The lowest BCUT2D eigenvalue weighted by molar-refractivity contribution is -0.118. The lowest BCUT2D eigenvalue weighted by Gasteiger charge is -2.11. The molecule has 0 bridgehead atoms. The number of amides is 1. The van der Waals surface area contributed by atoms with Gasteiger partial charge in [-0.15, -0.1) is 0 Å². The van der Waals surface area contributed by atoms with Crippen LogP contribution in [0.15, 0.2) is 24.4 Å². The van der Waals surface area contributed by atoms with Gasteiger partial charge in [-0.1, -0.05) is 6.07 Å². The summed E-state index contributed by atoms with van der Waals surface area (Å²) in [4.78, 5) is 15.4. The summed E-state index contributed by atoms with van der Waals surface area (Å²) in [7, 11) is 1.53. The van der Waals surface area contributed by atoms with Gasteiger partial charge < -0.3 is 15.8 Å². The van der Waals surface area contributed by atoms with Crippen molar-refractivity contribution in [1.82, 2.24) is 4.98 Å². The lowest BCUT2D eigenvalue weighted by atomic mass is 10.2. The van der Waals surface area contributed by atoms with Gasteiger partial charge in [0.05, 0.1) is 12.5 Å². The zero-order valence-corrected chi connectivity index (χ0v) is 8.64. The third kappa shape index (κ3) is 4.05. The summed E-state index contributed by atoms with van der Waals surface area (Å²) < 4.78 is 5.00. The standard InChI is InChI=1S/C10H15N3O2/c1-15-8(7-11)6-10(14)13-9-4-2-3-5-12-9/h2-5,8H,6-7,11H2,1H3,(H,12,13,14). The molecule has 82 valence electrons. The number of pyridine rings is 1. The van der Waals surface area contributed by atoms with Crippen molar-refractivity contribution < 1.29 is 9.53 Å². The fourth-order valence-electron chi connectivity index (χ4n) is 1.10. The van der Waals surface area contributed by atoms with E-state index in [1.165, 1.54) is 7.11 Å². The highest BCUT2D eigenvalue weighted by molar-refractivity contribution is 5.90. The molecule has 1 unspecified atom stereocenters. The van der Waals surface area contributed by atoms with E-state index in [1.54, 1.807) is 24.4 Å². The number of ether oxygens (including phenoxy) is 1. The van der Waals surface area contributed by atoms with E-state index >= 15 is 0 Å². The molecule has 1 aromatic heterocycles. The number of aromatic nitrogens is 1. The SMILES string of the molecule is COC(CN)CC(=O)Nc1ccccn1. The van der Waals surface area contributed by atoms with Gasteiger partial charge in [-0.3, -0.25) is 4.79 Å². The van der Waals surface area contributed by atoms with Crippen molar-refractivity contribution in [3.05, 3.63) is 24.4 Å². The third-order valence-electron chi connectivity index (χ3n) is 1.94. The van der Waals surface area contributed by atoms with Crippen molar-refractivity contribution >= 4 is 11.7 Å². The Balaban J connectivity index is 2.43. The summed E-state index contributed by atoms with van der Waals surface area (Å²) in [5.41, 5.74) is 5.40. The van der Waals surface area contributed by atoms with E-state index in [0.29, 0.717) is 12.4 Å². The number of nitrogens with two attached hydrogens (primary N) is 1. The first-order chi connectivity index (χ1) is 7.26. The highest BCUT2D eigenvalue weighted by Gasteiger charge is 2.11. The maximum atomic E-state index is 11.5. The molecule has 1 rings (SSSR count). The molecule has 3 N–H and O–H groups in total. The molecule has 1 aromatic rings. The van der Waals surface area contributed by atoms with E-state index in [0.717, 1.165) is 0 Å². The Morgan fingerprint density at radius 3 is 3.00 bits per heavy atom. The molecule has 0 spiro atoms. The van der Waals surface area contributed by atoms with Gasteiger partial charge in [0.1, 0.15) is 5.82 Å². The van der Waals surface area contributed by atoms with Crippen LogP contribution in [0, 0.1) is 0 Å². The molecule has 1 amide bonds. The Morgan fingerprint density at radius 1 is 1.67 bits per heavy atom. The first-order valence-corrected chi connectivity index (χ1v) is 4.70. The predicted molar refractivity (Wildman–Crippen MR) is 57.3 cm³/mol. The van der Waals surface area contributed by atoms with Crippen LogP contribution in [-0.4, -0.2) is 30.6 Å². The van der Waals surface area contributed by atoms with E-state index in [2.05, 4.69) is 10.3 Å². The Bertz CT molecular complexity index is 299. The highest BCUT2D eigenvalue weighted by Crippen LogP contribution is 2.02. The second kappa shape index (κ2) is 6.10. The summed E-state index contributed by atoms with van der Waals surface area (Å²) in [5.74, 6) is 0.389. The van der Waals surface area contributed by atoms with Crippen LogP contribution in [0.25, 0.3) is 0 Å². The van der Waals surface area contributed by atoms with Gasteiger partial charge in [0.15, 0.2) is 0 Å². The molecule has 0 radical (unpaired) electrons. The number of carbonyl (C=O) groups excluding carboxylic acids is 1. The fourth-order valence-corrected chi connectivity index (χ4v) is 1.10. The Hall–Kier alpha value is -1.46. The van der Waals surface area contributed by atoms with Gasteiger partial charge in [-0.25, -0.2) is 4.98 Å². The highest BCUT2D eigenvalue weighted by atomic mass is 16.5. The molecular weight excluding hydrogens is 194 g/mol. The van der Waals surface area contributed by atoms with Crippen LogP contribution in [0.1, 0.15) is 6.42 Å². The van der Waals surface area contributed by atoms with Crippen molar-refractivity contribution in [3.8, 4) is 0 Å². The van der Waals surface area contributed by atoms with Crippen LogP contribution >= 0.6 is 0 Å². The van der Waals surface area contributed by atoms with E-state index in [-0.39, 0.29) is 18.4 Å². The third-order valence-corrected chi connectivity index (χ3v) is 1.94. The van der Waals surface area contributed by atoms with E-state index < -0.39 is 0 Å². The number of nitrogens with one attached hydrogen (secondary N) is 1. The molecule has 0 aromatic carbocycles. The molecule has 0 fully saturated rings. The van der Waals surface area contributed by atoms with Crippen molar-refractivity contribution in [2.24, 2.45) is 5.73 Å². The molecule has 15 heavy (non-hydrogen) atoms. The monoisotopic (exact) mass is 209 g/mol. The Morgan fingerprint density at radius 2 is 2.47 bits per heavy atom. The largest absolute Gasteiger partial charge is 0.380 e. The molecule has 0 aliphatic heterocycles. The molecular formula is C10H15N3O2. The number of rotatable bonds is 5. The number of hydrogen-bond acceptors (Lipinski definition) is 4. The summed E-state index contributed by atoms with van der Waals surface area (Å²) in [6, 6.07) is 5.31. The smallest absolute Gasteiger partial charge is 0.228 e. The van der Waals surface area contributed by atoms with E-state index in [1.807, 2.05) is 0 Å². The van der Waals surface area contributed by atoms with Crippen LogP contribution in [-0.2, 0) is 9.53 Å². The first kappa shape index (κ1) is 11.6. The molecule has 5 heteroatoms. The molecule has 5 nitrogen and oxygen atoms in total.